The van der Waals surface area contributed by atoms with Crippen LogP contribution in [0.4, 0.5) is 5.69 Å². The molecule has 0 saturated carbocycles. The van der Waals surface area contributed by atoms with Crippen LogP contribution in [-0.4, -0.2) is 12.4 Å². The SMILES string of the molecule is CC(=N)Nc1cccc(C=CC[O])c1. The Balaban J connectivity index is 2.78. The third-order valence-corrected chi connectivity index (χ3v) is 1.62. The summed E-state index contributed by atoms with van der Waals surface area (Å²) in [6, 6.07) is 7.57. The van der Waals surface area contributed by atoms with Crippen LogP contribution in [0.1, 0.15) is 12.5 Å². The van der Waals surface area contributed by atoms with Crippen LogP contribution in [0.5, 0.6) is 0 Å². The minimum absolute atomic E-state index is 0.207. The lowest BCUT2D eigenvalue weighted by atomic mass is 10.2. The molecule has 14 heavy (non-hydrogen) atoms. The van der Waals surface area contributed by atoms with Gasteiger partial charge in [-0.25, -0.2) is 5.11 Å². The van der Waals surface area contributed by atoms with Gasteiger partial charge in [0.15, 0.2) is 0 Å². The maximum absolute atomic E-state index is 10.2. The van der Waals surface area contributed by atoms with Crippen LogP contribution in [0.2, 0.25) is 0 Å². The minimum Gasteiger partial charge on any atom is -0.344 e. The quantitative estimate of drug-likeness (QED) is 0.557. The summed E-state index contributed by atoms with van der Waals surface area (Å²) in [7, 11) is 0. The van der Waals surface area contributed by atoms with Gasteiger partial charge in [-0.1, -0.05) is 24.3 Å². The summed E-state index contributed by atoms with van der Waals surface area (Å²) in [6.45, 7) is 1.47. The van der Waals surface area contributed by atoms with E-state index >= 15 is 0 Å². The Morgan fingerprint density at radius 2 is 2.36 bits per heavy atom. The first-order valence-electron chi connectivity index (χ1n) is 4.39. The Hall–Kier alpha value is -1.61. The molecule has 0 aliphatic carbocycles. The van der Waals surface area contributed by atoms with Crippen LogP contribution in [0.15, 0.2) is 30.3 Å². The van der Waals surface area contributed by atoms with E-state index < -0.39 is 0 Å². The lowest BCUT2D eigenvalue weighted by Crippen LogP contribution is -2.04. The van der Waals surface area contributed by atoms with Gasteiger partial charge in [-0.15, -0.1) is 0 Å². The van der Waals surface area contributed by atoms with Crippen molar-refractivity contribution in [3.05, 3.63) is 35.9 Å². The smallest absolute Gasteiger partial charge is 0.101 e. The maximum atomic E-state index is 10.2. The van der Waals surface area contributed by atoms with Crippen molar-refractivity contribution in [2.45, 2.75) is 6.92 Å². The molecule has 0 fully saturated rings. The third kappa shape index (κ3) is 3.41. The van der Waals surface area contributed by atoms with Crippen molar-refractivity contribution in [1.82, 2.24) is 0 Å². The molecule has 0 atom stereocenters. The second-order valence-corrected chi connectivity index (χ2v) is 2.94. The fourth-order valence-electron chi connectivity index (χ4n) is 1.12. The molecule has 0 aliphatic heterocycles. The molecule has 1 rings (SSSR count). The highest BCUT2D eigenvalue weighted by atomic mass is 16.2. The highest BCUT2D eigenvalue weighted by Crippen LogP contribution is 2.11. The van der Waals surface area contributed by atoms with Crippen LogP contribution in [0, 0.1) is 5.41 Å². The molecule has 0 aliphatic rings. The molecule has 3 nitrogen and oxygen atoms in total. The van der Waals surface area contributed by atoms with E-state index in [0.717, 1.165) is 11.3 Å². The van der Waals surface area contributed by atoms with Crippen molar-refractivity contribution in [3.63, 3.8) is 0 Å². The largest absolute Gasteiger partial charge is 0.344 e. The standard InChI is InChI=1S/C11H13N2O/c1-9(12)13-11-6-2-4-10(8-11)5-3-7-14/h2-6,8H,7H2,1H3,(H2,12,13). The molecule has 0 bridgehead atoms. The van der Waals surface area contributed by atoms with Gasteiger partial charge in [-0.2, -0.15) is 0 Å². The van der Waals surface area contributed by atoms with Crippen LogP contribution in [0.25, 0.3) is 6.08 Å². The first-order valence-corrected chi connectivity index (χ1v) is 4.39. The Morgan fingerprint density at radius 1 is 1.57 bits per heavy atom. The van der Waals surface area contributed by atoms with Gasteiger partial charge in [0.05, 0.1) is 5.84 Å². The van der Waals surface area contributed by atoms with Crippen LogP contribution in [0.3, 0.4) is 0 Å². The van der Waals surface area contributed by atoms with E-state index in [2.05, 4.69) is 5.32 Å². The van der Waals surface area contributed by atoms with Gasteiger partial charge in [-0.3, -0.25) is 5.41 Å². The van der Waals surface area contributed by atoms with Crippen molar-refractivity contribution < 1.29 is 5.11 Å². The fraction of sp³-hybridized carbons (Fsp3) is 0.182. The predicted molar refractivity (Wildman–Crippen MR) is 58.1 cm³/mol. The molecular weight excluding hydrogens is 176 g/mol. The van der Waals surface area contributed by atoms with Gasteiger partial charge in [0.25, 0.3) is 0 Å². The monoisotopic (exact) mass is 189 g/mol. The highest BCUT2D eigenvalue weighted by Gasteiger charge is 1.92. The van der Waals surface area contributed by atoms with Crippen molar-refractivity contribution in [2.24, 2.45) is 0 Å². The van der Waals surface area contributed by atoms with E-state index in [1.54, 1.807) is 19.1 Å². The minimum atomic E-state index is -0.207. The molecule has 1 aromatic carbocycles. The molecule has 0 unspecified atom stereocenters. The lowest BCUT2D eigenvalue weighted by molar-refractivity contribution is 0.233. The molecule has 0 saturated heterocycles. The van der Waals surface area contributed by atoms with Gasteiger partial charge in [0, 0.05) is 5.69 Å². The van der Waals surface area contributed by atoms with E-state index in [0.29, 0.717) is 5.84 Å². The fourth-order valence-corrected chi connectivity index (χ4v) is 1.12. The number of hydrogen-bond donors (Lipinski definition) is 2. The van der Waals surface area contributed by atoms with Gasteiger partial charge >= 0.3 is 0 Å². The normalized spacial score (nSPS) is 10.4. The van der Waals surface area contributed by atoms with E-state index in [1.165, 1.54) is 0 Å². The summed E-state index contributed by atoms with van der Waals surface area (Å²) < 4.78 is 0. The number of benzene rings is 1. The maximum Gasteiger partial charge on any atom is 0.101 e. The molecule has 0 spiro atoms. The zero-order valence-corrected chi connectivity index (χ0v) is 8.08. The molecule has 2 N–H and O–H groups in total. The molecule has 0 aromatic heterocycles. The number of amidine groups is 1. The molecule has 1 radical (unpaired) electrons. The molecule has 1 aromatic rings. The van der Waals surface area contributed by atoms with E-state index in [4.69, 9.17) is 5.41 Å². The first kappa shape index (κ1) is 10.5. The van der Waals surface area contributed by atoms with Crippen LogP contribution >= 0.6 is 0 Å². The first-order chi connectivity index (χ1) is 6.72. The molecule has 3 heteroatoms. The van der Waals surface area contributed by atoms with Gasteiger partial charge in [0.2, 0.25) is 0 Å². The second kappa shape index (κ2) is 5.19. The van der Waals surface area contributed by atoms with Crippen molar-refractivity contribution in [3.8, 4) is 0 Å². The van der Waals surface area contributed by atoms with Gasteiger partial charge in [-0.05, 0) is 24.6 Å². The Kier molecular flexibility index (Phi) is 3.88. The van der Waals surface area contributed by atoms with E-state index in [9.17, 15) is 5.11 Å². The third-order valence-electron chi connectivity index (χ3n) is 1.62. The van der Waals surface area contributed by atoms with Gasteiger partial charge in [0.1, 0.15) is 6.61 Å². The zero-order valence-electron chi connectivity index (χ0n) is 8.08. The predicted octanol–water partition coefficient (Wildman–Crippen LogP) is 2.54. The number of anilines is 1. The summed E-state index contributed by atoms with van der Waals surface area (Å²) in [6.07, 6.45) is 3.34. The summed E-state index contributed by atoms with van der Waals surface area (Å²) in [5.41, 5.74) is 1.83. The van der Waals surface area contributed by atoms with Crippen molar-refractivity contribution >= 4 is 17.6 Å². The Bertz CT molecular complexity index is 345. The molecule has 0 heterocycles. The summed E-state index contributed by atoms with van der Waals surface area (Å²) in [5.74, 6) is 0.398. The number of hydrogen-bond acceptors (Lipinski definition) is 1. The molecule has 73 valence electrons. The van der Waals surface area contributed by atoms with Gasteiger partial charge < -0.3 is 5.32 Å². The van der Waals surface area contributed by atoms with Crippen molar-refractivity contribution in [1.29, 1.82) is 5.41 Å². The average molecular weight is 189 g/mol. The number of nitrogens with one attached hydrogen (secondary N) is 2. The second-order valence-electron chi connectivity index (χ2n) is 2.94. The molecular formula is C11H13N2O. The zero-order chi connectivity index (χ0) is 10.4. The summed E-state index contributed by atoms with van der Waals surface area (Å²) in [5, 5.41) is 20.4. The highest BCUT2D eigenvalue weighted by molar-refractivity contribution is 5.91. The van der Waals surface area contributed by atoms with Crippen LogP contribution < -0.4 is 5.32 Å². The topological polar surface area (TPSA) is 55.8 Å². The van der Waals surface area contributed by atoms with E-state index in [-0.39, 0.29) is 6.61 Å². The summed E-state index contributed by atoms with van der Waals surface area (Å²) >= 11 is 0. The lowest BCUT2D eigenvalue weighted by Gasteiger charge is -2.04. The van der Waals surface area contributed by atoms with E-state index in [1.807, 2.05) is 24.3 Å². The average Bonchev–Trinajstić information content (AvgIpc) is 2.14. The number of rotatable bonds is 3. The summed E-state index contributed by atoms with van der Waals surface area (Å²) in [4.78, 5) is 0. The Labute approximate surface area is 83.6 Å². The van der Waals surface area contributed by atoms with Crippen LogP contribution in [-0.2, 0) is 5.11 Å². The van der Waals surface area contributed by atoms with Crippen molar-refractivity contribution in [2.75, 3.05) is 11.9 Å². The molecule has 0 amide bonds. The Morgan fingerprint density at radius 3 is 3.00 bits per heavy atom.